The van der Waals surface area contributed by atoms with Crippen LogP contribution in [0.1, 0.15) is 30.1 Å². The Morgan fingerprint density at radius 3 is 2.61 bits per heavy atom. The van der Waals surface area contributed by atoms with Crippen molar-refractivity contribution in [3.63, 3.8) is 0 Å². The van der Waals surface area contributed by atoms with Crippen LogP contribution in [-0.4, -0.2) is 51.7 Å². The van der Waals surface area contributed by atoms with Gasteiger partial charge in [0.15, 0.2) is 0 Å². The van der Waals surface area contributed by atoms with Gasteiger partial charge in [-0.05, 0) is 32.3 Å². The number of nitrogens with one attached hydrogen (secondary N) is 2. The number of aromatic nitrogens is 4. The van der Waals surface area contributed by atoms with Gasteiger partial charge in [0, 0.05) is 44.8 Å². The maximum Gasteiger partial charge on any atom is 0.230 e. The number of aryl methyl sites for hydroxylation is 2. The molecule has 2 N–H and O–H groups in total. The number of hydrogen-bond donors (Lipinski definition) is 2. The quantitative estimate of drug-likeness (QED) is 0.571. The number of carbonyl (C=O) groups is 1. The number of hydrogen-bond acceptors (Lipinski definition) is 6. The zero-order valence-corrected chi connectivity index (χ0v) is 18.0. The fraction of sp³-hybridized carbons (Fsp3) is 0.391. The van der Waals surface area contributed by atoms with Gasteiger partial charge in [-0.1, -0.05) is 30.3 Å². The Balaban J connectivity index is 1.39. The first kappa shape index (κ1) is 21.0. The number of nitrogens with zero attached hydrogens (tertiary/aromatic N) is 4. The fourth-order valence-electron chi connectivity index (χ4n) is 4.05. The number of rotatable bonds is 7. The molecule has 1 aliphatic rings. The largest absolute Gasteiger partial charge is 0.381 e. The molecule has 31 heavy (non-hydrogen) atoms. The molecule has 0 unspecified atom stereocenters. The van der Waals surface area contributed by atoms with Gasteiger partial charge in [-0.2, -0.15) is 0 Å². The second-order valence-electron chi connectivity index (χ2n) is 7.75. The lowest BCUT2D eigenvalue weighted by molar-refractivity contribution is -0.130. The molecular weight excluding hydrogens is 392 g/mol. The van der Waals surface area contributed by atoms with Gasteiger partial charge in [0.05, 0.1) is 5.41 Å². The van der Waals surface area contributed by atoms with Crippen LogP contribution in [0.5, 0.6) is 0 Å². The van der Waals surface area contributed by atoms with Crippen molar-refractivity contribution in [3.05, 3.63) is 66.0 Å². The lowest BCUT2D eigenvalue weighted by Gasteiger charge is -2.36. The third kappa shape index (κ3) is 4.59. The molecule has 0 atom stereocenters. The molecule has 3 heterocycles. The predicted octanol–water partition coefficient (Wildman–Crippen LogP) is 2.56. The molecule has 1 fully saturated rings. The van der Waals surface area contributed by atoms with E-state index in [4.69, 9.17) is 4.74 Å². The third-order valence-electron chi connectivity index (χ3n) is 5.72. The van der Waals surface area contributed by atoms with Gasteiger partial charge >= 0.3 is 0 Å². The predicted molar refractivity (Wildman–Crippen MR) is 118 cm³/mol. The van der Waals surface area contributed by atoms with Crippen LogP contribution in [0.15, 0.2) is 48.8 Å². The van der Waals surface area contributed by atoms with E-state index in [0.717, 1.165) is 17.2 Å². The maximum atomic E-state index is 13.2. The van der Waals surface area contributed by atoms with Gasteiger partial charge in [0.2, 0.25) is 5.91 Å². The van der Waals surface area contributed by atoms with E-state index < -0.39 is 5.41 Å². The summed E-state index contributed by atoms with van der Waals surface area (Å²) in [5.74, 6) is 3.06. The van der Waals surface area contributed by atoms with Crippen molar-refractivity contribution in [1.82, 2.24) is 24.8 Å². The lowest BCUT2D eigenvalue weighted by Crippen LogP contribution is -2.49. The van der Waals surface area contributed by atoms with Crippen molar-refractivity contribution in [1.29, 1.82) is 0 Å². The van der Waals surface area contributed by atoms with E-state index in [0.29, 0.717) is 50.8 Å². The van der Waals surface area contributed by atoms with Crippen molar-refractivity contribution in [2.75, 3.05) is 31.6 Å². The summed E-state index contributed by atoms with van der Waals surface area (Å²) in [5, 5.41) is 6.41. The maximum absolute atomic E-state index is 13.2. The number of amides is 1. The van der Waals surface area contributed by atoms with Crippen LogP contribution in [0.2, 0.25) is 0 Å². The van der Waals surface area contributed by atoms with E-state index in [1.165, 1.54) is 0 Å². The van der Waals surface area contributed by atoms with Crippen molar-refractivity contribution in [2.45, 2.75) is 32.1 Å². The second kappa shape index (κ2) is 9.26. The molecule has 0 aliphatic carbocycles. The molecule has 1 aliphatic heterocycles. The van der Waals surface area contributed by atoms with Gasteiger partial charge in [-0.3, -0.25) is 9.36 Å². The Hall–Kier alpha value is -3.26. The molecule has 0 spiro atoms. The highest BCUT2D eigenvalue weighted by atomic mass is 16.5. The lowest BCUT2D eigenvalue weighted by atomic mass is 9.73. The van der Waals surface area contributed by atoms with Gasteiger partial charge in [-0.15, -0.1) is 0 Å². The van der Waals surface area contributed by atoms with Crippen LogP contribution >= 0.6 is 0 Å². The summed E-state index contributed by atoms with van der Waals surface area (Å²) >= 11 is 0. The van der Waals surface area contributed by atoms with Gasteiger partial charge < -0.3 is 15.4 Å². The van der Waals surface area contributed by atoms with E-state index in [1.807, 2.05) is 61.0 Å². The molecule has 2 aromatic heterocycles. The first-order valence-electron chi connectivity index (χ1n) is 10.6. The standard InChI is InChI=1S/C23H28N6O2/c1-17-27-20(16-21(28-17)29-13-12-24-18(29)2)25-10-11-26-22(30)23(8-14-31-15-9-23)19-6-4-3-5-7-19/h3-7,12-13,16H,8-11,14-15H2,1-2H3,(H,26,30)(H,25,27,28). The number of carbonyl (C=O) groups excluding carboxylic acids is 1. The van der Waals surface area contributed by atoms with Crippen LogP contribution in [0.25, 0.3) is 5.82 Å². The summed E-state index contributed by atoms with van der Waals surface area (Å²) in [4.78, 5) is 26.4. The average Bonchev–Trinajstić information content (AvgIpc) is 3.23. The van der Waals surface area contributed by atoms with Crippen LogP contribution in [0.3, 0.4) is 0 Å². The average molecular weight is 421 g/mol. The Morgan fingerprint density at radius 2 is 1.90 bits per heavy atom. The molecule has 162 valence electrons. The summed E-state index contributed by atoms with van der Waals surface area (Å²) in [5.41, 5.74) is 0.521. The van der Waals surface area contributed by atoms with E-state index in [1.54, 1.807) is 6.20 Å². The monoisotopic (exact) mass is 420 g/mol. The van der Waals surface area contributed by atoms with Crippen LogP contribution < -0.4 is 10.6 Å². The van der Waals surface area contributed by atoms with Crippen LogP contribution in [0, 0.1) is 13.8 Å². The molecule has 3 aromatic rings. The summed E-state index contributed by atoms with van der Waals surface area (Å²) in [6, 6.07) is 11.9. The highest BCUT2D eigenvalue weighted by molar-refractivity contribution is 5.88. The zero-order chi connectivity index (χ0) is 21.7. The van der Waals surface area contributed by atoms with E-state index in [-0.39, 0.29) is 5.91 Å². The molecule has 0 bridgehead atoms. The van der Waals surface area contributed by atoms with Crippen molar-refractivity contribution in [2.24, 2.45) is 0 Å². The molecule has 8 nitrogen and oxygen atoms in total. The van der Waals surface area contributed by atoms with Gasteiger partial charge in [0.1, 0.15) is 23.3 Å². The summed E-state index contributed by atoms with van der Waals surface area (Å²) < 4.78 is 7.44. The number of benzene rings is 1. The van der Waals surface area contributed by atoms with E-state index >= 15 is 0 Å². The van der Waals surface area contributed by atoms with Crippen LogP contribution in [0.4, 0.5) is 5.82 Å². The molecule has 1 aromatic carbocycles. The smallest absolute Gasteiger partial charge is 0.230 e. The second-order valence-corrected chi connectivity index (χ2v) is 7.75. The number of imidazole rings is 1. The highest BCUT2D eigenvalue weighted by Gasteiger charge is 2.41. The summed E-state index contributed by atoms with van der Waals surface area (Å²) in [6.07, 6.45) is 5.00. The normalized spacial score (nSPS) is 15.4. The molecule has 4 rings (SSSR count). The van der Waals surface area contributed by atoms with Crippen molar-refractivity contribution >= 4 is 11.7 Å². The zero-order valence-electron chi connectivity index (χ0n) is 18.0. The molecule has 0 radical (unpaired) electrons. The minimum Gasteiger partial charge on any atom is -0.381 e. The molecule has 0 saturated carbocycles. The topological polar surface area (TPSA) is 94.0 Å². The summed E-state index contributed by atoms with van der Waals surface area (Å²) in [6.45, 7) is 6.04. The minimum atomic E-state index is -0.531. The number of ether oxygens (including phenoxy) is 1. The molecular formula is C23H28N6O2. The van der Waals surface area contributed by atoms with Gasteiger partial charge in [0.25, 0.3) is 0 Å². The van der Waals surface area contributed by atoms with Gasteiger partial charge in [-0.25, -0.2) is 15.0 Å². The Morgan fingerprint density at radius 1 is 1.13 bits per heavy atom. The Kier molecular flexibility index (Phi) is 6.27. The van der Waals surface area contributed by atoms with Crippen molar-refractivity contribution < 1.29 is 9.53 Å². The highest BCUT2D eigenvalue weighted by Crippen LogP contribution is 2.35. The molecule has 8 heteroatoms. The SMILES string of the molecule is Cc1nc(NCCNC(=O)C2(c3ccccc3)CCOCC2)cc(-n2ccnc2C)n1. The number of anilines is 1. The summed E-state index contributed by atoms with van der Waals surface area (Å²) in [7, 11) is 0. The van der Waals surface area contributed by atoms with E-state index in [2.05, 4.69) is 25.6 Å². The first-order valence-corrected chi connectivity index (χ1v) is 10.6. The molecule has 1 saturated heterocycles. The fourth-order valence-corrected chi connectivity index (χ4v) is 4.05. The first-order chi connectivity index (χ1) is 15.1. The van der Waals surface area contributed by atoms with Crippen molar-refractivity contribution in [3.8, 4) is 5.82 Å². The molecule has 1 amide bonds. The van der Waals surface area contributed by atoms with Crippen LogP contribution in [-0.2, 0) is 14.9 Å². The third-order valence-corrected chi connectivity index (χ3v) is 5.72. The Bertz CT molecular complexity index is 1030. The Labute approximate surface area is 182 Å². The minimum absolute atomic E-state index is 0.0531. The van der Waals surface area contributed by atoms with E-state index in [9.17, 15) is 4.79 Å².